The molecular formula is C14H28O6. The molecule has 6 nitrogen and oxygen atoms in total. The smallest absolute Gasteiger partial charge is 0.186 e. The van der Waals surface area contributed by atoms with Crippen LogP contribution in [-0.2, 0) is 9.47 Å². The second kappa shape index (κ2) is 9.65. The van der Waals surface area contributed by atoms with E-state index in [9.17, 15) is 15.3 Å². The van der Waals surface area contributed by atoms with Crippen LogP contribution in [0.3, 0.4) is 0 Å². The molecule has 1 aliphatic rings. The zero-order chi connectivity index (χ0) is 15.0. The van der Waals surface area contributed by atoms with Crippen LogP contribution >= 0.6 is 0 Å². The first-order valence-electron chi connectivity index (χ1n) is 7.54. The summed E-state index contributed by atoms with van der Waals surface area (Å²) in [6, 6.07) is 0. The van der Waals surface area contributed by atoms with Crippen LogP contribution in [0, 0.1) is 0 Å². The van der Waals surface area contributed by atoms with Crippen LogP contribution in [-0.4, -0.2) is 64.3 Å². The molecule has 0 aliphatic carbocycles. The van der Waals surface area contributed by atoms with Crippen molar-refractivity contribution in [3.63, 3.8) is 0 Å². The van der Waals surface area contributed by atoms with Gasteiger partial charge >= 0.3 is 0 Å². The lowest BCUT2D eigenvalue weighted by Crippen LogP contribution is -2.59. The van der Waals surface area contributed by atoms with E-state index in [1.165, 1.54) is 19.3 Å². The number of unbranched alkanes of at least 4 members (excludes halogenated alkanes) is 5. The van der Waals surface area contributed by atoms with E-state index in [0.717, 1.165) is 19.3 Å². The standard InChI is InChI=1S/C14H28O6/c1-2-3-4-5-6-7-8-19-14-13(18)12(17)11(16)10(9-15)20-14/h10-18H,2-9H2,1H3/t10?,11-,12-,13?,14-/m0/s1. The summed E-state index contributed by atoms with van der Waals surface area (Å²) < 4.78 is 10.6. The van der Waals surface area contributed by atoms with E-state index in [2.05, 4.69) is 6.92 Å². The van der Waals surface area contributed by atoms with Crippen LogP contribution < -0.4 is 0 Å². The predicted molar refractivity (Wildman–Crippen MR) is 73.1 cm³/mol. The van der Waals surface area contributed by atoms with Gasteiger partial charge in [-0.3, -0.25) is 0 Å². The molecule has 120 valence electrons. The molecule has 1 aliphatic heterocycles. The summed E-state index contributed by atoms with van der Waals surface area (Å²) in [5.74, 6) is 0. The monoisotopic (exact) mass is 292 g/mol. The van der Waals surface area contributed by atoms with Gasteiger partial charge in [-0.2, -0.15) is 0 Å². The van der Waals surface area contributed by atoms with Crippen LogP contribution in [0.2, 0.25) is 0 Å². The molecule has 5 atom stereocenters. The first-order valence-corrected chi connectivity index (χ1v) is 7.54. The number of aliphatic hydroxyl groups is 4. The fourth-order valence-electron chi connectivity index (χ4n) is 2.29. The Morgan fingerprint density at radius 2 is 1.55 bits per heavy atom. The molecule has 0 spiro atoms. The Morgan fingerprint density at radius 1 is 0.900 bits per heavy atom. The number of rotatable bonds is 9. The highest BCUT2D eigenvalue weighted by Crippen LogP contribution is 2.22. The number of hydrogen-bond donors (Lipinski definition) is 4. The van der Waals surface area contributed by atoms with Crippen molar-refractivity contribution >= 4 is 0 Å². The quantitative estimate of drug-likeness (QED) is 0.452. The van der Waals surface area contributed by atoms with Gasteiger partial charge < -0.3 is 29.9 Å². The molecule has 0 saturated carbocycles. The number of ether oxygens (including phenoxy) is 2. The van der Waals surface area contributed by atoms with Crippen molar-refractivity contribution in [2.75, 3.05) is 13.2 Å². The molecule has 6 heteroatoms. The summed E-state index contributed by atoms with van der Waals surface area (Å²) in [6.45, 7) is 2.17. The fourth-order valence-corrected chi connectivity index (χ4v) is 2.29. The van der Waals surface area contributed by atoms with Gasteiger partial charge in [-0.1, -0.05) is 39.0 Å². The lowest BCUT2D eigenvalue weighted by Gasteiger charge is -2.39. The minimum absolute atomic E-state index is 0.425. The molecule has 0 aromatic heterocycles. The lowest BCUT2D eigenvalue weighted by molar-refractivity contribution is -0.301. The first kappa shape index (κ1) is 17.8. The highest BCUT2D eigenvalue weighted by molar-refractivity contribution is 4.88. The Hall–Kier alpha value is -0.240. The van der Waals surface area contributed by atoms with Gasteiger partial charge in [0.25, 0.3) is 0 Å². The van der Waals surface area contributed by atoms with Crippen molar-refractivity contribution < 1.29 is 29.9 Å². The lowest BCUT2D eigenvalue weighted by atomic mass is 9.99. The summed E-state index contributed by atoms with van der Waals surface area (Å²) in [6.07, 6.45) is 0.851. The molecule has 0 radical (unpaired) electrons. The SMILES string of the molecule is CCCCCCCCO[C@H]1OC(CO)[C@H](O)[C@H](O)C1O. The van der Waals surface area contributed by atoms with E-state index in [1.807, 2.05) is 0 Å². The topological polar surface area (TPSA) is 99.4 Å². The Balaban J connectivity index is 2.21. The maximum absolute atomic E-state index is 9.75. The minimum Gasteiger partial charge on any atom is -0.394 e. The molecule has 20 heavy (non-hydrogen) atoms. The van der Waals surface area contributed by atoms with Gasteiger partial charge in [-0.05, 0) is 6.42 Å². The van der Waals surface area contributed by atoms with E-state index in [1.54, 1.807) is 0 Å². The Morgan fingerprint density at radius 3 is 2.20 bits per heavy atom. The Bertz CT molecular complexity index is 248. The van der Waals surface area contributed by atoms with E-state index in [4.69, 9.17) is 14.6 Å². The molecular weight excluding hydrogens is 264 g/mol. The number of hydrogen-bond acceptors (Lipinski definition) is 6. The average Bonchev–Trinajstić information content (AvgIpc) is 2.46. The van der Waals surface area contributed by atoms with E-state index in [0.29, 0.717) is 6.61 Å². The summed E-state index contributed by atoms with van der Waals surface area (Å²) in [5.41, 5.74) is 0. The van der Waals surface area contributed by atoms with Crippen molar-refractivity contribution in [3.05, 3.63) is 0 Å². The summed E-state index contributed by atoms with van der Waals surface area (Å²) in [7, 11) is 0. The molecule has 1 fully saturated rings. The normalized spacial score (nSPS) is 34.4. The third-order valence-electron chi connectivity index (χ3n) is 3.63. The zero-order valence-corrected chi connectivity index (χ0v) is 12.1. The van der Waals surface area contributed by atoms with Gasteiger partial charge in [-0.25, -0.2) is 0 Å². The van der Waals surface area contributed by atoms with Crippen molar-refractivity contribution in [1.29, 1.82) is 0 Å². The van der Waals surface area contributed by atoms with Crippen molar-refractivity contribution in [1.82, 2.24) is 0 Å². The molecule has 0 amide bonds. The maximum Gasteiger partial charge on any atom is 0.186 e. The van der Waals surface area contributed by atoms with Crippen molar-refractivity contribution in [3.8, 4) is 0 Å². The van der Waals surface area contributed by atoms with Crippen molar-refractivity contribution in [2.24, 2.45) is 0 Å². The van der Waals surface area contributed by atoms with Gasteiger partial charge in [0.15, 0.2) is 6.29 Å². The Labute approximate surface area is 120 Å². The summed E-state index contributed by atoms with van der Waals surface area (Å²) in [4.78, 5) is 0. The van der Waals surface area contributed by atoms with Gasteiger partial charge in [0, 0.05) is 6.61 Å². The highest BCUT2D eigenvalue weighted by Gasteiger charge is 2.43. The molecule has 2 unspecified atom stereocenters. The largest absolute Gasteiger partial charge is 0.394 e. The zero-order valence-electron chi connectivity index (χ0n) is 12.1. The summed E-state index contributed by atoms with van der Waals surface area (Å²) in [5, 5.41) is 38.0. The van der Waals surface area contributed by atoms with Crippen LogP contribution in [0.5, 0.6) is 0 Å². The van der Waals surface area contributed by atoms with Gasteiger partial charge in [0.2, 0.25) is 0 Å². The van der Waals surface area contributed by atoms with Crippen LogP contribution in [0.25, 0.3) is 0 Å². The average molecular weight is 292 g/mol. The van der Waals surface area contributed by atoms with Crippen LogP contribution in [0.4, 0.5) is 0 Å². The van der Waals surface area contributed by atoms with Crippen LogP contribution in [0.1, 0.15) is 45.4 Å². The van der Waals surface area contributed by atoms with Gasteiger partial charge in [0.05, 0.1) is 6.61 Å². The first-order chi connectivity index (χ1) is 9.61. The number of aliphatic hydroxyl groups excluding tert-OH is 4. The molecule has 0 bridgehead atoms. The van der Waals surface area contributed by atoms with Gasteiger partial charge in [0.1, 0.15) is 24.4 Å². The fraction of sp³-hybridized carbons (Fsp3) is 1.00. The second-order valence-electron chi connectivity index (χ2n) is 5.34. The molecule has 0 aromatic carbocycles. The van der Waals surface area contributed by atoms with E-state index in [-0.39, 0.29) is 0 Å². The van der Waals surface area contributed by atoms with Gasteiger partial charge in [-0.15, -0.1) is 0 Å². The predicted octanol–water partition coefficient (Wildman–Crippen LogP) is 0.163. The third kappa shape index (κ3) is 5.27. The third-order valence-corrected chi connectivity index (χ3v) is 3.63. The molecule has 1 rings (SSSR count). The van der Waals surface area contributed by atoms with E-state index >= 15 is 0 Å². The van der Waals surface area contributed by atoms with Crippen LogP contribution in [0.15, 0.2) is 0 Å². The molecule has 1 saturated heterocycles. The second-order valence-corrected chi connectivity index (χ2v) is 5.34. The Kier molecular flexibility index (Phi) is 8.60. The highest BCUT2D eigenvalue weighted by atomic mass is 16.7. The molecule has 1 heterocycles. The van der Waals surface area contributed by atoms with E-state index < -0.39 is 37.3 Å². The molecule has 4 N–H and O–H groups in total. The minimum atomic E-state index is -1.37. The van der Waals surface area contributed by atoms with Crippen molar-refractivity contribution in [2.45, 2.75) is 76.2 Å². The maximum atomic E-state index is 9.75. The summed E-state index contributed by atoms with van der Waals surface area (Å²) >= 11 is 0. The molecule has 0 aromatic rings.